The minimum atomic E-state index is -3.60. The molecular weight excluding hydrogens is 398 g/mol. The third-order valence-corrected chi connectivity index (χ3v) is 8.67. The highest BCUT2D eigenvalue weighted by atomic mass is 35.5. The number of carbonyl (C=O) groups is 1. The van der Waals surface area contributed by atoms with Gasteiger partial charge < -0.3 is 9.80 Å². The number of likely N-dealkylation sites (N-methyl/N-ethyl adjacent to an activating group) is 1. The second kappa shape index (κ2) is 9.11. The van der Waals surface area contributed by atoms with Gasteiger partial charge in [-0.25, -0.2) is 8.42 Å². The number of hydrogen-bond donors (Lipinski definition) is 1. The normalized spacial score (nSPS) is 21.4. The molecule has 1 aromatic carbocycles. The van der Waals surface area contributed by atoms with Crippen molar-refractivity contribution in [2.45, 2.75) is 56.0 Å². The summed E-state index contributed by atoms with van der Waals surface area (Å²) in [5.41, 5.74) is 0. The fourth-order valence-electron chi connectivity index (χ4n) is 4.37. The van der Waals surface area contributed by atoms with Crippen molar-refractivity contribution >= 4 is 27.5 Å². The second-order valence-corrected chi connectivity index (χ2v) is 10.3. The van der Waals surface area contributed by atoms with E-state index in [4.69, 9.17) is 11.6 Å². The maximum Gasteiger partial charge on any atom is 0.280 e. The summed E-state index contributed by atoms with van der Waals surface area (Å²) in [7, 11) is -1.68. The van der Waals surface area contributed by atoms with Crippen molar-refractivity contribution in [1.29, 1.82) is 0 Å². The Morgan fingerprint density at radius 2 is 1.79 bits per heavy atom. The highest BCUT2D eigenvalue weighted by Crippen LogP contribution is 2.24. The van der Waals surface area contributed by atoms with Gasteiger partial charge in [-0.2, -0.15) is 4.31 Å². The molecule has 1 aliphatic carbocycles. The number of amides is 1. The number of nitrogens with zero attached hydrogens (tertiary/aromatic N) is 2. The predicted molar refractivity (Wildman–Crippen MR) is 110 cm³/mol. The van der Waals surface area contributed by atoms with Gasteiger partial charge in [0, 0.05) is 13.1 Å². The Labute approximate surface area is 173 Å². The standard InChI is InChI=1S/C20H30ClN3O3S/c1-16(20(25)22(2)17-8-4-3-5-9-17)23-12-14-24(15-13-23)28(26,27)19-11-7-6-10-18(19)21/h6-7,10-11,16-17H,3-5,8-9,12-15H2,1-2H3/p+1/t16-/m1/s1. The largest absolute Gasteiger partial charge is 0.338 e. The summed E-state index contributed by atoms with van der Waals surface area (Å²) in [6.45, 7) is 4.00. The minimum Gasteiger partial charge on any atom is -0.338 e. The summed E-state index contributed by atoms with van der Waals surface area (Å²) in [4.78, 5) is 16.2. The molecular formula is C20H31ClN3O3S+. The lowest BCUT2D eigenvalue weighted by Gasteiger charge is -2.37. The van der Waals surface area contributed by atoms with E-state index in [-0.39, 0.29) is 21.9 Å². The molecule has 1 aliphatic heterocycles. The molecule has 1 aromatic rings. The van der Waals surface area contributed by atoms with E-state index in [0.29, 0.717) is 32.2 Å². The first kappa shape index (κ1) is 21.6. The molecule has 1 saturated carbocycles. The van der Waals surface area contributed by atoms with E-state index in [1.807, 2.05) is 18.9 Å². The summed E-state index contributed by atoms with van der Waals surface area (Å²) >= 11 is 6.10. The zero-order valence-corrected chi connectivity index (χ0v) is 18.3. The molecule has 1 heterocycles. The molecule has 8 heteroatoms. The molecule has 2 aliphatic rings. The van der Waals surface area contributed by atoms with Crippen LogP contribution in [0.5, 0.6) is 0 Å². The third kappa shape index (κ3) is 4.53. The molecule has 0 spiro atoms. The van der Waals surface area contributed by atoms with E-state index >= 15 is 0 Å². The van der Waals surface area contributed by atoms with Crippen LogP contribution >= 0.6 is 11.6 Å². The Balaban J connectivity index is 1.60. The van der Waals surface area contributed by atoms with E-state index in [9.17, 15) is 13.2 Å². The Hall–Kier alpha value is -1.15. The zero-order valence-electron chi connectivity index (χ0n) is 16.7. The molecule has 1 amide bonds. The van der Waals surface area contributed by atoms with Gasteiger partial charge in [0.1, 0.15) is 4.90 Å². The molecule has 1 atom stereocenters. The van der Waals surface area contributed by atoms with Crippen molar-refractivity contribution in [1.82, 2.24) is 9.21 Å². The van der Waals surface area contributed by atoms with E-state index in [2.05, 4.69) is 0 Å². The second-order valence-electron chi connectivity index (χ2n) is 7.96. The van der Waals surface area contributed by atoms with Crippen LogP contribution < -0.4 is 4.90 Å². The van der Waals surface area contributed by atoms with Gasteiger partial charge in [-0.3, -0.25) is 4.79 Å². The van der Waals surface area contributed by atoms with Gasteiger partial charge in [0.15, 0.2) is 6.04 Å². The Kier molecular flexibility index (Phi) is 7.02. The summed E-state index contributed by atoms with van der Waals surface area (Å²) in [5, 5.41) is 0.245. The maximum atomic E-state index is 12.9. The average molecular weight is 429 g/mol. The Bertz CT molecular complexity index is 788. The molecule has 28 heavy (non-hydrogen) atoms. The summed E-state index contributed by atoms with van der Waals surface area (Å²) < 4.78 is 27.3. The average Bonchev–Trinajstić information content (AvgIpc) is 2.73. The highest BCUT2D eigenvalue weighted by Gasteiger charge is 2.37. The van der Waals surface area contributed by atoms with Crippen molar-refractivity contribution in [3.05, 3.63) is 29.3 Å². The molecule has 0 radical (unpaired) electrons. The molecule has 1 N–H and O–H groups in total. The van der Waals surface area contributed by atoms with E-state index in [1.165, 1.54) is 23.6 Å². The quantitative estimate of drug-likeness (QED) is 0.771. The van der Waals surface area contributed by atoms with Gasteiger partial charge in [0.25, 0.3) is 5.91 Å². The van der Waals surface area contributed by atoms with Crippen molar-refractivity contribution < 1.29 is 18.1 Å². The smallest absolute Gasteiger partial charge is 0.280 e. The number of piperazine rings is 1. The van der Waals surface area contributed by atoms with Crippen LogP contribution in [-0.2, 0) is 14.8 Å². The molecule has 0 aromatic heterocycles. The number of hydrogen-bond acceptors (Lipinski definition) is 3. The first-order valence-corrected chi connectivity index (χ1v) is 12.0. The van der Waals surface area contributed by atoms with Gasteiger partial charge in [-0.05, 0) is 31.9 Å². The van der Waals surface area contributed by atoms with E-state index in [1.54, 1.807) is 24.3 Å². The fourth-order valence-corrected chi connectivity index (χ4v) is 6.30. The van der Waals surface area contributed by atoms with Gasteiger partial charge in [0.05, 0.1) is 31.2 Å². The lowest BCUT2D eigenvalue weighted by atomic mass is 9.94. The number of quaternary nitrogens is 1. The highest BCUT2D eigenvalue weighted by molar-refractivity contribution is 7.89. The zero-order chi connectivity index (χ0) is 20.3. The van der Waals surface area contributed by atoms with Gasteiger partial charge in [0.2, 0.25) is 10.0 Å². The van der Waals surface area contributed by atoms with Gasteiger partial charge in [-0.1, -0.05) is 43.0 Å². The van der Waals surface area contributed by atoms with Crippen molar-refractivity contribution in [3.63, 3.8) is 0 Å². The fraction of sp³-hybridized carbons (Fsp3) is 0.650. The molecule has 0 bridgehead atoms. The topological polar surface area (TPSA) is 62.1 Å². The number of nitrogens with one attached hydrogen (secondary N) is 1. The van der Waals surface area contributed by atoms with Crippen LogP contribution in [0, 0.1) is 0 Å². The van der Waals surface area contributed by atoms with Crippen molar-refractivity contribution in [2.75, 3.05) is 33.2 Å². The molecule has 6 nitrogen and oxygen atoms in total. The SMILES string of the molecule is C[C@H](C(=O)N(C)C1CCCCC1)[NH+]1CCN(S(=O)(=O)c2ccccc2Cl)CC1. The first-order chi connectivity index (χ1) is 13.3. The number of rotatable bonds is 5. The first-order valence-electron chi connectivity index (χ1n) is 10.2. The summed E-state index contributed by atoms with van der Waals surface area (Å²) in [6, 6.07) is 6.74. The molecule has 2 fully saturated rings. The number of halogens is 1. The summed E-state index contributed by atoms with van der Waals surface area (Å²) in [5.74, 6) is 0.171. The maximum absolute atomic E-state index is 12.9. The van der Waals surface area contributed by atoms with Crippen LogP contribution in [0.4, 0.5) is 0 Å². The number of sulfonamides is 1. The molecule has 0 unspecified atom stereocenters. The Morgan fingerprint density at radius 3 is 2.39 bits per heavy atom. The van der Waals surface area contributed by atoms with Crippen LogP contribution in [0.1, 0.15) is 39.0 Å². The van der Waals surface area contributed by atoms with Crippen LogP contribution in [0.15, 0.2) is 29.2 Å². The van der Waals surface area contributed by atoms with Crippen molar-refractivity contribution in [3.8, 4) is 0 Å². The lowest BCUT2D eigenvalue weighted by Crippen LogP contribution is -3.19. The van der Waals surface area contributed by atoms with Crippen LogP contribution in [0.3, 0.4) is 0 Å². The van der Waals surface area contributed by atoms with Crippen molar-refractivity contribution in [2.24, 2.45) is 0 Å². The molecule has 1 saturated heterocycles. The Morgan fingerprint density at radius 1 is 1.18 bits per heavy atom. The number of benzene rings is 1. The van der Waals surface area contributed by atoms with E-state index in [0.717, 1.165) is 17.7 Å². The van der Waals surface area contributed by atoms with Crippen LogP contribution in [0.25, 0.3) is 0 Å². The monoisotopic (exact) mass is 428 g/mol. The van der Waals surface area contributed by atoms with E-state index < -0.39 is 10.0 Å². The predicted octanol–water partition coefficient (Wildman–Crippen LogP) is 1.41. The third-order valence-electron chi connectivity index (χ3n) is 6.27. The lowest BCUT2D eigenvalue weighted by molar-refractivity contribution is -0.918. The van der Waals surface area contributed by atoms with Crippen LogP contribution in [0.2, 0.25) is 5.02 Å². The molecule has 3 rings (SSSR count). The number of carbonyl (C=O) groups excluding carboxylic acids is 1. The van der Waals surface area contributed by atoms with Gasteiger partial charge in [-0.15, -0.1) is 0 Å². The minimum absolute atomic E-state index is 0.154. The summed E-state index contributed by atoms with van der Waals surface area (Å²) in [6.07, 6.45) is 5.84. The van der Waals surface area contributed by atoms with Crippen LogP contribution in [-0.4, -0.2) is 68.8 Å². The molecule has 156 valence electrons. The van der Waals surface area contributed by atoms with Gasteiger partial charge >= 0.3 is 0 Å².